The van der Waals surface area contributed by atoms with Crippen molar-refractivity contribution in [2.24, 2.45) is 5.41 Å². The summed E-state index contributed by atoms with van der Waals surface area (Å²) in [6.07, 6.45) is 1.61. The van der Waals surface area contributed by atoms with Crippen molar-refractivity contribution in [1.82, 2.24) is 10.2 Å². The van der Waals surface area contributed by atoms with Crippen LogP contribution < -0.4 is 0 Å². The summed E-state index contributed by atoms with van der Waals surface area (Å²) in [5.74, 6) is -0.193. The molecule has 0 saturated carbocycles. The van der Waals surface area contributed by atoms with Crippen LogP contribution in [0.2, 0.25) is 0 Å². The summed E-state index contributed by atoms with van der Waals surface area (Å²) in [5, 5.41) is 16.7. The van der Waals surface area contributed by atoms with Crippen molar-refractivity contribution >= 4 is 0 Å². The second-order valence-corrected chi connectivity index (χ2v) is 4.08. The average Bonchev–Trinajstić information content (AvgIpc) is 2.05. The second-order valence-electron chi connectivity index (χ2n) is 4.08. The molecule has 3 nitrogen and oxygen atoms in total. The van der Waals surface area contributed by atoms with Crippen molar-refractivity contribution in [3.63, 3.8) is 0 Å². The van der Waals surface area contributed by atoms with E-state index in [1.165, 1.54) is 0 Å². The Morgan fingerprint density at radius 2 is 2.15 bits per heavy atom. The molecule has 1 heterocycles. The molecule has 0 fully saturated rings. The van der Waals surface area contributed by atoms with Crippen LogP contribution in [0.25, 0.3) is 0 Å². The van der Waals surface area contributed by atoms with Gasteiger partial charge in [-0.2, -0.15) is 15.5 Å². The molecule has 0 aliphatic carbocycles. The van der Waals surface area contributed by atoms with Crippen LogP contribution in [-0.4, -0.2) is 10.2 Å². The number of nitrogens with zero attached hydrogens (tertiary/aromatic N) is 3. The molecule has 3 heteroatoms. The van der Waals surface area contributed by atoms with E-state index in [2.05, 4.69) is 16.3 Å². The summed E-state index contributed by atoms with van der Waals surface area (Å²) in [6, 6.07) is 5.90. The fourth-order valence-corrected chi connectivity index (χ4v) is 1.17. The minimum atomic E-state index is -0.193. The van der Waals surface area contributed by atoms with Crippen molar-refractivity contribution in [3.05, 3.63) is 24.0 Å². The first-order valence-corrected chi connectivity index (χ1v) is 4.23. The highest BCUT2D eigenvalue weighted by Gasteiger charge is 2.27. The summed E-state index contributed by atoms with van der Waals surface area (Å²) in [7, 11) is 0. The lowest BCUT2D eigenvalue weighted by atomic mass is 9.80. The van der Waals surface area contributed by atoms with E-state index < -0.39 is 0 Å². The van der Waals surface area contributed by atoms with E-state index in [1.54, 1.807) is 12.3 Å². The van der Waals surface area contributed by atoms with Crippen LogP contribution in [-0.2, 0) is 0 Å². The lowest BCUT2D eigenvalue weighted by molar-refractivity contribution is 0.365. The Labute approximate surface area is 78.4 Å². The summed E-state index contributed by atoms with van der Waals surface area (Å²) in [5.41, 5.74) is 0.655. The van der Waals surface area contributed by atoms with E-state index in [4.69, 9.17) is 5.26 Å². The fourth-order valence-electron chi connectivity index (χ4n) is 1.17. The third-order valence-corrected chi connectivity index (χ3v) is 1.88. The maximum atomic E-state index is 9.00. The maximum absolute atomic E-state index is 9.00. The Balaban J connectivity index is 3.01. The van der Waals surface area contributed by atoms with E-state index in [1.807, 2.05) is 26.8 Å². The van der Waals surface area contributed by atoms with Gasteiger partial charge in [-0.05, 0) is 17.5 Å². The molecule has 13 heavy (non-hydrogen) atoms. The molecule has 1 aromatic rings. The Bertz CT molecular complexity index is 305. The zero-order valence-corrected chi connectivity index (χ0v) is 8.15. The first kappa shape index (κ1) is 9.66. The molecular formula is C10H13N3. The molecule has 0 aliphatic heterocycles. The maximum Gasteiger partial charge on any atom is 0.0951 e. The smallest absolute Gasteiger partial charge is 0.0951 e. The van der Waals surface area contributed by atoms with Gasteiger partial charge < -0.3 is 0 Å². The van der Waals surface area contributed by atoms with Crippen molar-refractivity contribution in [2.75, 3.05) is 0 Å². The predicted molar refractivity (Wildman–Crippen MR) is 49.8 cm³/mol. The second kappa shape index (κ2) is 3.53. The minimum absolute atomic E-state index is 0.0925. The van der Waals surface area contributed by atoms with Crippen molar-refractivity contribution < 1.29 is 0 Å². The molecule has 0 bridgehead atoms. The van der Waals surface area contributed by atoms with E-state index >= 15 is 0 Å². The van der Waals surface area contributed by atoms with Gasteiger partial charge in [0.05, 0.1) is 17.7 Å². The third kappa shape index (κ3) is 2.25. The van der Waals surface area contributed by atoms with Gasteiger partial charge in [0.1, 0.15) is 0 Å². The minimum Gasteiger partial charge on any atom is -0.198 e. The number of rotatable bonds is 1. The Hall–Kier alpha value is -1.43. The topological polar surface area (TPSA) is 49.6 Å². The molecule has 1 unspecified atom stereocenters. The van der Waals surface area contributed by atoms with Gasteiger partial charge in [0.25, 0.3) is 0 Å². The monoisotopic (exact) mass is 175 g/mol. The molecule has 0 radical (unpaired) electrons. The third-order valence-electron chi connectivity index (χ3n) is 1.88. The van der Waals surface area contributed by atoms with E-state index in [0.29, 0.717) is 0 Å². The van der Waals surface area contributed by atoms with E-state index in [0.717, 1.165) is 5.69 Å². The van der Waals surface area contributed by atoms with Crippen molar-refractivity contribution in [1.29, 1.82) is 5.26 Å². The summed E-state index contributed by atoms with van der Waals surface area (Å²) in [4.78, 5) is 0. The number of aromatic nitrogens is 2. The van der Waals surface area contributed by atoms with Gasteiger partial charge >= 0.3 is 0 Å². The highest BCUT2D eigenvalue weighted by Crippen LogP contribution is 2.32. The first-order chi connectivity index (χ1) is 6.05. The standard InChI is InChI=1S/C10H13N3/c1-10(2,3)8(7-11)9-5-4-6-12-13-9/h4-6,8H,1-3H3. The van der Waals surface area contributed by atoms with Gasteiger partial charge in [-0.1, -0.05) is 20.8 Å². The Morgan fingerprint density at radius 1 is 1.46 bits per heavy atom. The molecule has 0 N–H and O–H groups in total. The molecule has 0 aromatic carbocycles. The summed E-state index contributed by atoms with van der Waals surface area (Å²) in [6.45, 7) is 6.07. The predicted octanol–water partition coefficient (Wildman–Crippen LogP) is 2.13. The number of nitriles is 1. The molecule has 1 rings (SSSR count). The summed E-state index contributed by atoms with van der Waals surface area (Å²) >= 11 is 0. The van der Waals surface area contributed by atoms with Crippen LogP contribution in [0.3, 0.4) is 0 Å². The molecule has 68 valence electrons. The quantitative estimate of drug-likeness (QED) is 0.657. The van der Waals surface area contributed by atoms with Crippen molar-refractivity contribution in [2.45, 2.75) is 26.7 Å². The first-order valence-electron chi connectivity index (χ1n) is 4.23. The molecule has 0 spiro atoms. The molecular weight excluding hydrogens is 162 g/mol. The van der Waals surface area contributed by atoms with Crippen molar-refractivity contribution in [3.8, 4) is 6.07 Å². The highest BCUT2D eigenvalue weighted by molar-refractivity contribution is 5.18. The SMILES string of the molecule is CC(C)(C)C(C#N)c1cccnn1. The highest BCUT2D eigenvalue weighted by atomic mass is 15.1. The largest absolute Gasteiger partial charge is 0.198 e. The molecule has 0 aliphatic rings. The van der Waals surface area contributed by atoms with Gasteiger partial charge in [-0.25, -0.2) is 0 Å². The van der Waals surface area contributed by atoms with Gasteiger partial charge in [0.2, 0.25) is 0 Å². The van der Waals surface area contributed by atoms with Crippen LogP contribution in [0.15, 0.2) is 18.3 Å². The Kier molecular flexibility index (Phi) is 2.62. The lowest BCUT2D eigenvalue weighted by Gasteiger charge is -2.23. The summed E-state index contributed by atoms with van der Waals surface area (Å²) < 4.78 is 0. The van der Waals surface area contributed by atoms with Gasteiger partial charge in [0.15, 0.2) is 0 Å². The average molecular weight is 175 g/mol. The zero-order valence-electron chi connectivity index (χ0n) is 8.15. The van der Waals surface area contributed by atoms with Gasteiger partial charge in [-0.15, -0.1) is 0 Å². The molecule has 0 amide bonds. The van der Waals surface area contributed by atoms with Crippen LogP contribution in [0.1, 0.15) is 32.4 Å². The van der Waals surface area contributed by atoms with Crippen LogP contribution in [0.4, 0.5) is 0 Å². The zero-order chi connectivity index (χ0) is 9.90. The van der Waals surface area contributed by atoms with Gasteiger partial charge in [0, 0.05) is 6.20 Å². The van der Waals surface area contributed by atoms with Crippen LogP contribution in [0, 0.1) is 16.7 Å². The van der Waals surface area contributed by atoms with Crippen LogP contribution in [0.5, 0.6) is 0 Å². The van der Waals surface area contributed by atoms with E-state index in [9.17, 15) is 0 Å². The molecule has 0 saturated heterocycles. The Morgan fingerprint density at radius 3 is 2.54 bits per heavy atom. The van der Waals surface area contributed by atoms with Gasteiger partial charge in [-0.3, -0.25) is 0 Å². The number of hydrogen-bond donors (Lipinski definition) is 0. The fraction of sp³-hybridized carbons (Fsp3) is 0.500. The number of hydrogen-bond acceptors (Lipinski definition) is 3. The van der Waals surface area contributed by atoms with E-state index in [-0.39, 0.29) is 11.3 Å². The normalized spacial score (nSPS) is 13.4. The lowest BCUT2D eigenvalue weighted by Crippen LogP contribution is -2.18. The van der Waals surface area contributed by atoms with Crippen LogP contribution >= 0.6 is 0 Å². The molecule has 1 atom stereocenters. The molecule has 1 aromatic heterocycles.